The van der Waals surface area contributed by atoms with Crippen molar-refractivity contribution in [1.82, 2.24) is 0 Å². The first-order chi connectivity index (χ1) is 11.2. The predicted octanol–water partition coefficient (Wildman–Crippen LogP) is 6.08. The summed E-state index contributed by atoms with van der Waals surface area (Å²) in [7, 11) is 0. The van der Waals surface area contributed by atoms with Crippen LogP contribution >= 0.6 is 0 Å². The third-order valence-corrected chi connectivity index (χ3v) is 4.18. The van der Waals surface area contributed by atoms with Crippen LogP contribution in [0.15, 0.2) is 30.3 Å². The summed E-state index contributed by atoms with van der Waals surface area (Å²) in [5.41, 5.74) is 1.22. The van der Waals surface area contributed by atoms with E-state index < -0.39 is 0 Å². The summed E-state index contributed by atoms with van der Waals surface area (Å²) in [6.07, 6.45) is 12.8. The first-order valence-electron chi connectivity index (χ1n) is 9.45. The highest BCUT2D eigenvalue weighted by Gasteiger charge is 2.09. The van der Waals surface area contributed by atoms with Crippen molar-refractivity contribution >= 4 is 5.97 Å². The summed E-state index contributed by atoms with van der Waals surface area (Å²) in [4.78, 5) is 11.8. The van der Waals surface area contributed by atoms with Crippen LogP contribution in [0.5, 0.6) is 0 Å². The van der Waals surface area contributed by atoms with Crippen molar-refractivity contribution in [1.29, 1.82) is 0 Å². The molecule has 0 bridgehead atoms. The molecule has 0 saturated carbocycles. The van der Waals surface area contributed by atoms with E-state index in [0.29, 0.717) is 6.42 Å². The number of unbranched alkanes of at least 4 members (excludes halogenated alkanes) is 8. The lowest BCUT2D eigenvalue weighted by molar-refractivity contribution is -0.148. The van der Waals surface area contributed by atoms with Gasteiger partial charge in [-0.15, -0.1) is 0 Å². The third kappa shape index (κ3) is 11.0. The van der Waals surface area contributed by atoms with E-state index in [9.17, 15) is 4.79 Å². The number of benzene rings is 1. The van der Waals surface area contributed by atoms with E-state index in [4.69, 9.17) is 4.74 Å². The van der Waals surface area contributed by atoms with E-state index in [1.165, 1.54) is 50.5 Å². The van der Waals surface area contributed by atoms with Gasteiger partial charge in [0, 0.05) is 12.8 Å². The summed E-state index contributed by atoms with van der Waals surface area (Å²) in [6, 6.07) is 10.2. The van der Waals surface area contributed by atoms with E-state index >= 15 is 0 Å². The molecule has 0 aromatic heterocycles. The standard InChI is InChI=1S/C21H34O2/c1-3-4-5-6-7-8-9-10-14-17-21(22)23-19(2)18-20-15-12-11-13-16-20/h11-13,15-16,19H,3-10,14,17-18H2,1-2H3/t19-/m1/s1. The van der Waals surface area contributed by atoms with Crippen LogP contribution in [0.3, 0.4) is 0 Å². The highest BCUT2D eigenvalue weighted by atomic mass is 16.5. The molecule has 1 aromatic rings. The molecule has 2 heteroatoms. The van der Waals surface area contributed by atoms with Crippen molar-refractivity contribution in [3.8, 4) is 0 Å². The first-order valence-corrected chi connectivity index (χ1v) is 9.45. The SMILES string of the molecule is CCCCCCCCCCCC(=O)O[C@H](C)Cc1ccccc1. The van der Waals surface area contributed by atoms with Gasteiger partial charge in [0.1, 0.15) is 6.10 Å². The lowest BCUT2D eigenvalue weighted by atomic mass is 10.1. The Balaban J connectivity index is 1.97. The monoisotopic (exact) mass is 318 g/mol. The molecule has 0 aliphatic rings. The maximum absolute atomic E-state index is 11.8. The molecule has 23 heavy (non-hydrogen) atoms. The third-order valence-electron chi connectivity index (χ3n) is 4.18. The van der Waals surface area contributed by atoms with E-state index in [1.54, 1.807) is 0 Å². The molecule has 130 valence electrons. The molecule has 0 aliphatic carbocycles. The van der Waals surface area contributed by atoms with Gasteiger partial charge >= 0.3 is 5.97 Å². The Morgan fingerprint density at radius 2 is 1.48 bits per heavy atom. The summed E-state index contributed by atoms with van der Waals surface area (Å²) >= 11 is 0. The van der Waals surface area contributed by atoms with E-state index in [0.717, 1.165) is 19.3 Å². The number of rotatable bonds is 13. The van der Waals surface area contributed by atoms with Gasteiger partial charge < -0.3 is 4.74 Å². The normalized spacial score (nSPS) is 12.1. The average molecular weight is 319 g/mol. The maximum Gasteiger partial charge on any atom is 0.306 e. The first kappa shape index (κ1) is 19.7. The minimum atomic E-state index is -0.0450. The highest BCUT2D eigenvalue weighted by molar-refractivity contribution is 5.69. The summed E-state index contributed by atoms with van der Waals surface area (Å²) in [5, 5.41) is 0. The van der Waals surface area contributed by atoms with Crippen LogP contribution in [0.2, 0.25) is 0 Å². The van der Waals surface area contributed by atoms with Crippen molar-refractivity contribution in [2.24, 2.45) is 0 Å². The van der Waals surface area contributed by atoms with Crippen LogP contribution in [-0.2, 0) is 16.0 Å². The van der Waals surface area contributed by atoms with Crippen LogP contribution in [0, 0.1) is 0 Å². The molecule has 1 atom stereocenters. The highest BCUT2D eigenvalue weighted by Crippen LogP contribution is 2.12. The Morgan fingerprint density at radius 1 is 0.913 bits per heavy atom. The number of carbonyl (C=O) groups is 1. The van der Waals surface area contributed by atoms with Crippen molar-refractivity contribution < 1.29 is 9.53 Å². The predicted molar refractivity (Wildman–Crippen MR) is 97.5 cm³/mol. The van der Waals surface area contributed by atoms with Gasteiger partial charge in [-0.1, -0.05) is 88.6 Å². The number of hydrogen-bond acceptors (Lipinski definition) is 2. The molecular formula is C21H34O2. The Bertz CT molecular complexity index is 400. The van der Waals surface area contributed by atoms with Crippen LogP contribution in [0.4, 0.5) is 0 Å². The molecule has 0 fully saturated rings. The molecule has 0 amide bonds. The Morgan fingerprint density at radius 3 is 2.09 bits per heavy atom. The molecular weight excluding hydrogens is 284 g/mol. The van der Waals surface area contributed by atoms with Crippen molar-refractivity contribution in [3.63, 3.8) is 0 Å². The Labute approximate surface area is 142 Å². The molecule has 0 radical (unpaired) electrons. The number of carbonyl (C=O) groups excluding carboxylic acids is 1. The lowest BCUT2D eigenvalue weighted by Gasteiger charge is -2.13. The second-order valence-corrected chi connectivity index (χ2v) is 6.57. The molecule has 2 nitrogen and oxygen atoms in total. The quantitative estimate of drug-likeness (QED) is 0.325. The molecule has 0 saturated heterocycles. The van der Waals surface area contributed by atoms with Gasteiger partial charge in [0.2, 0.25) is 0 Å². The minimum Gasteiger partial charge on any atom is -0.462 e. The Kier molecular flexibility index (Phi) is 11.3. The van der Waals surface area contributed by atoms with Gasteiger partial charge in [-0.25, -0.2) is 0 Å². The largest absolute Gasteiger partial charge is 0.462 e. The summed E-state index contributed by atoms with van der Waals surface area (Å²) in [6.45, 7) is 4.22. The molecule has 0 heterocycles. The molecule has 0 unspecified atom stereocenters. The zero-order valence-electron chi connectivity index (χ0n) is 15.1. The number of hydrogen-bond donors (Lipinski definition) is 0. The molecule has 1 aromatic carbocycles. The Hall–Kier alpha value is -1.31. The van der Waals surface area contributed by atoms with Crippen LogP contribution in [-0.4, -0.2) is 12.1 Å². The second-order valence-electron chi connectivity index (χ2n) is 6.57. The van der Waals surface area contributed by atoms with Gasteiger partial charge in [-0.3, -0.25) is 4.79 Å². The van der Waals surface area contributed by atoms with Crippen LogP contribution in [0.25, 0.3) is 0 Å². The smallest absolute Gasteiger partial charge is 0.306 e. The van der Waals surface area contributed by atoms with Crippen molar-refractivity contribution in [3.05, 3.63) is 35.9 Å². The van der Waals surface area contributed by atoms with Gasteiger partial charge in [-0.05, 0) is 18.9 Å². The minimum absolute atomic E-state index is 0.0385. The lowest BCUT2D eigenvalue weighted by Crippen LogP contribution is -2.17. The average Bonchev–Trinajstić information content (AvgIpc) is 2.54. The fraction of sp³-hybridized carbons (Fsp3) is 0.667. The van der Waals surface area contributed by atoms with Gasteiger partial charge in [0.15, 0.2) is 0 Å². The van der Waals surface area contributed by atoms with Crippen LogP contribution in [0.1, 0.15) is 83.6 Å². The number of ether oxygens (including phenoxy) is 1. The summed E-state index contributed by atoms with van der Waals surface area (Å²) in [5.74, 6) is -0.0450. The van der Waals surface area contributed by atoms with Crippen molar-refractivity contribution in [2.45, 2.75) is 90.6 Å². The fourth-order valence-electron chi connectivity index (χ4n) is 2.85. The second kappa shape index (κ2) is 13.2. The molecule has 1 rings (SSSR count). The molecule has 0 spiro atoms. The van der Waals surface area contributed by atoms with E-state index in [1.807, 2.05) is 25.1 Å². The van der Waals surface area contributed by atoms with E-state index in [2.05, 4.69) is 19.1 Å². The van der Waals surface area contributed by atoms with Crippen LogP contribution < -0.4 is 0 Å². The molecule has 0 aliphatic heterocycles. The van der Waals surface area contributed by atoms with Gasteiger partial charge in [-0.2, -0.15) is 0 Å². The topological polar surface area (TPSA) is 26.3 Å². The van der Waals surface area contributed by atoms with Crippen molar-refractivity contribution in [2.75, 3.05) is 0 Å². The summed E-state index contributed by atoms with van der Waals surface area (Å²) < 4.78 is 5.49. The molecule has 0 N–H and O–H groups in total. The van der Waals surface area contributed by atoms with E-state index in [-0.39, 0.29) is 12.1 Å². The number of esters is 1. The maximum atomic E-state index is 11.8. The van der Waals surface area contributed by atoms with Gasteiger partial charge in [0.05, 0.1) is 0 Å². The van der Waals surface area contributed by atoms with Gasteiger partial charge in [0.25, 0.3) is 0 Å². The fourth-order valence-corrected chi connectivity index (χ4v) is 2.85. The zero-order valence-corrected chi connectivity index (χ0v) is 15.1. The zero-order chi connectivity index (χ0) is 16.8.